The summed E-state index contributed by atoms with van der Waals surface area (Å²) in [5.41, 5.74) is 5.07. The number of pyridine rings is 1. The number of anilines is 1. The number of halogens is 2. The molecule has 2 aromatic rings. The lowest BCUT2D eigenvalue weighted by molar-refractivity contribution is 0.0996. The number of nitrogens with one attached hydrogen (secondary N) is 1. The summed E-state index contributed by atoms with van der Waals surface area (Å²) in [5.74, 6) is -2.82. The molecule has 0 saturated carbocycles. The molecule has 1 heterocycles. The first kappa shape index (κ1) is 13.7. The standard InChI is InChI=1S/C13H11F2N3O2/c14-10-4-11(15)12(3-9(10)13(16)20)18-5-7-1-2-8(19)6-17-7/h1-4,6,18-19H,5H2,(H2,16,20). The number of amides is 1. The molecule has 1 aromatic carbocycles. The van der Waals surface area contributed by atoms with E-state index in [1.165, 1.54) is 12.3 Å². The van der Waals surface area contributed by atoms with Crippen LogP contribution in [0, 0.1) is 11.6 Å². The van der Waals surface area contributed by atoms with Crippen LogP contribution < -0.4 is 11.1 Å². The largest absolute Gasteiger partial charge is 0.506 e. The van der Waals surface area contributed by atoms with Crippen molar-refractivity contribution in [3.05, 3.63) is 53.4 Å². The van der Waals surface area contributed by atoms with Gasteiger partial charge in [-0.3, -0.25) is 9.78 Å². The first-order valence-electron chi connectivity index (χ1n) is 5.64. The van der Waals surface area contributed by atoms with Crippen molar-refractivity contribution in [1.82, 2.24) is 4.98 Å². The van der Waals surface area contributed by atoms with E-state index in [0.29, 0.717) is 11.8 Å². The van der Waals surface area contributed by atoms with Gasteiger partial charge in [0, 0.05) is 6.07 Å². The van der Waals surface area contributed by atoms with E-state index in [2.05, 4.69) is 10.3 Å². The summed E-state index contributed by atoms with van der Waals surface area (Å²) >= 11 is 0. The number of carbonyl (C=O) groups excluding carboxylic acids is 1. The molecule has 0 saturated heterocycles. The summed E-state index contributed by atoms with van der Waals surface area (Å²) in [6.45, 7) is 0.140. The molecular formula is C13H11F2N3O2. The molecule has 4 N–H and O–H groups in total. The third kappa shape index (κ3) is 3.00. The smallest absolute Gasteiger partial charge is 0.251 e. The van der Waals surface area contributed by atoms with Crippen molar-refractivity contribution in [3.63, 3.8) is 0 Å². The van der Waals surface area contributed by atoms with Gasteiger partial charge in [-0.2, -0.15) is 0 Å². The number of aromatic nitrogens is 1. The van der Waals surface area contributed by atoms with Gasteiger partial charge in [-0.15, -0.1) is 0 Å². The molecule has 1 amide bonds. The number of aromatic hydroxyl groups is 1. The molecule has 0 radical (unpaired) electrons. The molecule has 0 spiro atoms. The number of hydrogen-bond donors (Lipinski definition) is 3. The predicted octanol–water partition coefficient (Wildman–Crippen LogP) is 1.78. The Bertz CT molecular complexity index is 645. The number of benzene rings is 1. The van der Waals surface area contributed by atoms with E-state index in [1.807, 2.05) is 0 Å². The second-order valence-corrected chi connectivity index (χ2v) is 4.04. The van der Waals surface area contributed by atoms with Crippen LogP contribution in [0.5, 0.6) is 5.75 Å². The minimum Gasteiger partial charge on any atom is -0.506 e. The zero-order valence-corrected chi connectivity index (χ0v) is 10.2. The van der Waals surface area contributed by atoms with Crippen molar-refractivity contribution in [2.24, 2.45) is 5.73 Å². The van der Waals surface area contributed by atoms with Gasteiger partial charge in [-0.1, -0.05) is 0 Å². The van der Waals surface area contributed by atoms with Gasteiger partial charge in [0.25, 0.3) is 5.91 Å². The van der Waals surface area contributed by atoms with Crippen LogP contribution in [0.3, 0.4) is 0 Å². The number of primary amides is 1. The average Bonchev–Trinajstić information content (AvgIpc) is 2.39. The normalized spacial score (nSPS) is 10.3. The minimum absolute atomic E-state index is 0.0118. The van der Waals surface area contributed by atoms with Crippen molar-refractivity contribution in [3.8, 4) is 5.75 Å². The van der Waals surface area contributed by atoms with Crippen molar-refractivity contribution in [1.29, 1.82) is 0 Å². The summed E-state index contributed by atoms with van der Waals surface area (Å²) < 4.78 is 26.8. The highest BCUT2D eigenvalue weighted by atomic mass is 19.1. The third-order valence-corrected chi connectivity index (χ3v) is 2.59. The van der Waals surface area contributed by atoms with Gasteiger partial charge >= 0.3 is 0 Å². The van der Waals surface area contributed by atoms with Crippen LogP contribution in [-0.4, -0.2) is 16.0 Å². The molecular weight excluding hydrogens is 268 g/mol. The molecule has 1 aromatic heterocycles. The Morgan fingerprint density at radius 2 is 2.05 bits per heavy atom. The number of nitrogens with two attached hydrogens (primary N) is 1. The van der Waals surface area contributed by atoms with Gasteiger partial charge < -0.3 is 16.2 Å². The Hall–Kier alpha value is -2.70. The Morgan fingerprint density at radius 3 is 2.65 bits per heavy atom. The molecule has 0 aliphatic rings. The van der Waals surface area contributed by atoms with Gasteiger partial charge in [0.2, 0.25) is 0 Å². The number of nitrogens with zero attached hydrogens (tertiary/aromatic N) is 1. The van der Waals surface area contributed by atoms with Crippen molar-refractivity contribution >= 4 is 11.6 Å². The summed E-state index contributed by atoms with van der Waals surface area (Å²) in [6, 6.07) is 4.57. The maximum absolute atomic E-state index is 13.5. The second-order valence-electron chi connectivity index (χ2n) is 4.04. The minimum atomic E-state index is -1.01. The van der Waals surface area contributed by atoms with E-state index in [1.54, 1.807) is 6.07 Å². The number of carbonyl (C=O) groups is 1. The zero-order valence-electron chi connectivity index (χ0n) is 10.2. The fourth-order valence-electron chi connectivity index (χ4n) is 1.58. The monoisotopic (exact) mass is 279 g/mol. The van der Waals surface area contributed by atoms with Crippen LogP contribution in [0.15, 0.2) is 30.5 Å². The van der Waals surface area contributed by atoms with E-state index < -0.39 is 23.1 Å². The van der Waals surface area contributed by atoms with Gasteiger partial charge in [0.1, 0.15) is 17.4 Å². The fourth-order valence-corrected chi connectivity index (χ4v) is 1.58. The van der Waals surface area contributed by atoms with E-state index >= 15 is 0 Å². The molecule has 0 aliphatic heterocycles. The van der Waals surface area contributed by atoms with Gasteiger partial charge in [0.15, 0.2) is 0 Å². The lowest BCUT2D eigenvalue weighted by Gasteiger charge is -2.09. The molecule has 0 fully saturated rings. The summed E-state index contributed by atoms with van der Waals surface area (Å²) in [6.07, 6.45) is 1.24. The van der Waals surface area contributed by atoms with E-state index in [0.717, 1.165) is 6.07 Å². The van der Waals surface area contributed by atoms with Crippen LogP contribution in [0.4, 0.5) is 14.5 Å². The second kappa shape index (κ2) is 5.52. The van der Waals surface area contributed by atoms with E-state index in [4.69, 9.17) is 10.8 Å². The van der Waals surface area contributed by atoms with E-state index in [9.17, 15) is 13.6 Å². The quantitative estimate of drug-likeness (QED) is 0.796. The molecule has 104 valence electrons. The molecule has 0 atom stereocenters. The third-order valence-electron chi connectivity index (χ3n) is 2.59. The molecule has 0 bridgehead atoms. The predicted molar refractivity (Wildman–Crippen MR) is 68.1 cm³/mol. The molecule has 20 heavy (non-hydrogen) atoms. The Morgan fingerprint density at radius 1 is 1.30 bits per heavy atom. The molecule has 5 nitrogen and oxygen atoms in total. The summed E-state index contributed by atoms with van der Waals surface area (Å²) in [4.78, 5) is 14.9. The zero-order chi connectivity index (χ0) is 14.7. The van der Waals surface area contributed by atoms with E-state index in [-0.39, 0.29) is 18.0 Å². The number of hydrogen-bond acceptors (Lipinski definition) is 4. The van der Waals surface area contributed by atoms with Crippen LogP contribution >= 0.6 is 0 Å². The lowest BCUT2D eigenvalue weighted by atomic mass is 10.1. The fraction of sp³-hybridized carbons (Fsp3) is 0.0769. The summed E-state index contributed by atoms with van der Waals surface area (Å²) in [7, 11) is 0. The molecule has 7 heteroatoms. The highest BCUT2D eigenvalue weighted by Gasteiger charge is 2.13. The highest BCUT2D eigenvalue weighted by molar-refractivity contribution is 5.94. The lowest BCUT2D eigenvalue weighted by Crippen LogP contribution is -2.14. The molecule has 2 rings (SSSR count). The number of rotatable bonds is 4. The maximum Gasteiger partial charge on any atom is 0.251 e. The molecule has 0 unspecified atom stereocenters. The van der Waals surface area contributed by atoms with Crippen LogP contribution in [0.1, 0.15) is 16.1 Å². The SMILES string of the molecule is NC(=O)c1cc(NCc2ccc(O)cn2)c(F)cc1F. The molecule has 0 aliphatic carbocycles. The van der Waals surface area contributed by atoms with Crippen LogP contribution in [-0.2, 0) is 6.54 Å². The van der Waals surface area contributed by atoms with Gasteiger partial charge in [0.05, 0.1) is 29.7 Å². The topological polar surface area (TPSA) is 88.2 Å². The van der Waals surface area contributed by atoms with Gasteiger partial charge in [-0.25, -0.2) is 8.78 Å². The van der Waals surface area contributed by atoms with Gasteiger partial charge in [-0.05, 0) is 18.2 Å². The Kier molecular flexibility index (Phi) is 3.79. The Labute approximate surface area is 113 Å². The average molecular weight is 279 g/mol. The van der Waals surface area contributed by atoms with Crippen LogP contribution in [0.25, 0.3) is 0 Å². The Balaban J connectivity index is 2.18. The first-order chi connectivity index (χ1) is 9.47. The van der Waals surface area contributed by atoms with Crippen LogP contribution in [0.2, 0.25) is 0 Å². The first-order valence-corrected chi connectivity index (χ1v) is 5.64. The van der Waals surface area contributed by atoms with Crippen molar-refractivity contribution in [2.75, 3.05) is 5.32 Å². The maximum atomic E-state index is 13.5. The summed E-state index contributed by atoms with van der Waals surface area (Å²) in [5, 5.41) is 11.8. The van der Waals surface area contributed by atoms with Crippen molar-refractivity contribution < 1.29 is 18.7 Å². The highest BCUT2D eigenvalue weighted by Crippen LogP contribution is 2.20. The van der Waals surface area contributed by atoms with Crippen molar-refractivity contribution in [2.45, 2.75) is 6.54 Å².